The molecular weight excluding hydrogens is 428 g/mol. The van der Waals surface area contributed by atoms with Crippen molar-refractivity contribution < 1.29 is 14.1 Å². The first kappa shape index (κ1) is 25.9. The van der Waals surface area contributed by atoms with Crippen molar-refractivity contribution in [2.75, 3.05) is 6.54 Å². The Kier molecular flexibility index (Phi) is 9.25. The number of hydrogen-bond acceptors (Lipinski definition) is 5. The normalized spacial score (nSPS) is 16.8. The lowest BCUT2D eigenvalue weighted by Gasteiger charge is -2.24. The summed E-state index contributed by atoms with van der Waals surface area (Å²) in [7, 11) is 0. The van der Waals surface area contributed by atoms with Crippen molar-refractivity contribution in [2.45, 2.75) is 104 Å². The third-order valence-corrected chi connectivity index (χ3v) is 6.07. The second kappa shape index (κ2) is 12.1. The Morgan fingerprint density at radius 3 is 2.56 bits per heavy atom. The lowest BCUT2D eigenvalue weighted by atomic mass is 10.0. The summed E-state index contributed by atoms with van der Waals surface area (Å²) >= 11 is 0. The highest BCUT2D eigenvalue weighted by Gasteiger charge is 2.32. The number of aryl methyl sites for hydroxylation is 1. The monoisotopic (exact) mass is 468 g/mol. The van der Waals surface area contributed by atoms with E-state index in [0.29, 0.717) is 17.6 Å². The molecule has 0 bridgehead atoms. The first-order valence-electron chi connectivity index (χ1n) is 12.7. The average molecular weight is 469 g/mol. The second-order valence-corrected chi connectivity index (χ2v) is 10.2. The lowest BCUT2D eigenvalue weighted by Crippen LogP contribution is -2.30. The molecule has 0 saturated carbocycles. The van der Waals surface area contributed by atoms with Crippen molar-refractivity contribution in [1.82, 2.24) is 15.0 Å². The molecule has 0 aliphatic carbocycles. The molecule has 0 radical (unpaired) electrons. The van der Waals surface area contributed by atoms with E-state index in [2.05, 4.69) is 46.3 Å². The predicted molar refractivity (Wildman–Crippen MR) is 135 cm³/mol. The summed E-state index contributed by atoms with van der Waals surface area (Å²) in [5, 5.41) is 4.22. The highest BCUT2D eigenvalue weighted by Crippen LogP contribution is 2.32. The zero-order chi connectivity index (χ0) is 24.6. The van der Waals surface area contributed by atoms with Crippen molar-refractivity contribution in [3.63, 3.8) is 0 Å². The van der Waals surface area contributed by atoms with Gasteiger partial charge in [-0.1, -0.05) is 68.4 Å². The van der Waals surface area contributed by atoms with Crippen molar-refractivity contribution in [2.24, 2.45) is 4.99 Å². The standard InChI is InChI=1S/C27H40N4O3/c1-6-7-8-9-10-11-13-21-15-17-22(18-16-21)24-29-25(34-30-24)23-14-12-19-31(23)20(2)28-26(32)33-27(3,4)5/h15-18,23H,6-14,19H2,1-5H3/t23-/m0/s1. The summed E-state index contributed by atoms with van der Waals surface area (Å²) in [6.45, 7) is 10.3. The molecule has 1 atom stereocenters. The van der Waals surface area contributed by atoms with E-state index in [4.69, 9.17) is 9.26 Å². The largest absolute Gasteiger partial charge is 0.442 e. The predicted octanol–water partition coefficient (Wildman–Crippen LogP) is 7.13. The van der Waals surface area contributed by atoms with E-state index in [1.807, 2.05) is 32.6 Å². The van der Waals surface area contributed by atoms with E-state index >= 15 is 0 Å². The van der Waals surface area contributed by atoms with Crippen LogP contribution in [-0.2, 0) is 11.2 Å². The van der Waals surface area contributed by atoms with E-state index < -0.39 is 11.7 Å². The van der Waals surface area contributed by atoms with Gasteiger partial charge in [-0.3, -0.25) is 0 Å². The summed E-state index contributed by atoms with van der Waals surface area (Å²) in [5.41, 5.74) is 1.72. The van der Waals surface area contributed by atoms with Gasteiger partial charge in [-0.15, -0.1) is 0 Å². The highest BCUT2D eigenvalue weighted by atomic mass is 16.6. The maximum atomic E-state index is 12.1. The number of amides is 1. The number of unbranched alkanes of at least 4 members (excludes halogenated alkanes) is 5. The molecule has 1 fully saturated rings. The molecule has 7 nitrogen and oxygen atoms in total. The highest BCUT2D eigenvalue weighted by molar-refractivity contribution is 5.90. The van der Waals surface area contributed by atoms with Gasteiger partial charge in [-0.05, 0) is 58.9 Å². The average Bonchev–Trinajstić information content (AvgIpc) is 3.45. The van der Waals surface area contributed by atoms with E-state index in [1.54, 1.807) is 0 Å². The fraction of sp³-hybridized carbons (Fsp3) is 0.630. The smallest absolute Gasteiger partial charge is 0.435 e. The minimum Gasteiger partial charge on any atom is -0.442 e. The fourth-order valence-electron chi connectivity index (χ4n) is 4.31. The van der Waals surface area contributed by atoms with Gasteiger partial charge >= 0.3 is 6.09 Å². The molecule has 1 aliphatic rings. The molecule has 186 valence electrons. The third-order valence-electron chi connectivity index (χ3n) is 6.07. The van der Waals surface area contributed by atoms with Crippen LogP contribution in [0.15, 0.2) is 33.8 Å². The Hall–Kier alpha value is -2.70. The van der Waals surface area contributed by atoms with E-state index in [1.165, 1.54) is 44.1 Å². The van der Waals surface area contributed by atoms with Gasteiger partial charge in [-0.2, -0.15) is 9.98 Å². The minimum absolute atomic E-state index is 0.0839. The minimum atomic E-state index is -0.581. The molecule has 1 aliphatic heterocycles. The SMILES string of the molecule is CCCCCCCCc1ccc(-c2noc([C@@H]3CCCN3C(C)=NC(=O)OC(C)(C)C)n2)cc1. The molecule has 2 aromatic rings. The number of ether oxygens (including phenoxy) is 1. The summed E-state index contributed by atoms with van der Waals surface area (Å²) < 4.78 is 11.0. The van der Waals surface area contributed by atoms with Gasteiger partial charge in [-0.25, -0.2) is 4.79 Å². The molecule has 34 heavy (non-hydrogen) atoms. The van der Waals surface area contributed by atoms with Crippen LogP contribution >= 0.6 is 0 Å². The summed E-state index contributed by atoms with van der Waals surface area (Å²) in [4.78, 5) is 23.0. The van der Waals surface area contributed by atoms with E-state index in [-0.39, 0.29) is 6.04 Å². The quantitative estimate of drug-likeness (QED) is 0.221. The van der Waals surface area contributed by atoms with Crippen LogP contribution in [0.4, 0.5) is 4.79 Å². The zero-order valence-corrected chi connectivity index (χ0v) is 21.5. The van der Waals surface area contributed by atoms with Gasteiger partial charge < -0.3 is 14.2 Å². The number of benzene rings is 1. The second-order valence-electron chi connectivity index (χ2n) is 10.2. The maximum absolute atomic E-state index is 12.1. The van der Waals surface area contributed by atoms with Gasteiger partial charge in [0.05, 0.1) is 0 Å². The summed E-state index contributed by atoms with van der Waals surface area (Å²) in [6, 6.07) is 8.39. The Morgan fingerprint density at radius 2 is 1.85 bits per heavy atom. The van der Waals surface area contributed by atoms with Gasteiger partial charge in [0.2, 0.25) is 11.7 Å². The first-order valence-corrected chi connectivity index (χ1v) is 12.7. The van der Waals surface area contributed by atoms with Crippen LogP contribution < -0.4 is 0 Å². The number of carbonyl (C=O) groups is 1. The lowest BCUT2D eigenvalue weighted by molar-refractivity contribution is 0.0601. The zero-order valence-electron chi connectivity index (χ0n) is 21.5. The van der Waals surface area contributed by atoms with Crippen molar-refractivity contribution in [1.29, 1.82) is 0 Å². The van der Waals surface area contributed by atoms with E-state index in [9.17, 15) is 4.79 Å². The maximum Gasteiger partial charge on any atom is 0.435 e. The van der Waals surface area contributed by atoms with Crippen molar-refractivity contribution in [3.8, 4) is 11.4 Å². The molecule has 0 spiro atoms. The summed E-state index contributed by atoms with van der Waals surface area (Å²) in [5.74, 6) is 1.76. The van der Waals surface area contributed by atoms with Crippen LogP contribution in [0.1, 0.15) is 103 Å². The number of aliphatic imine (C=N–C) groups is 1. The van der Waals surface area contributed by atoms with Gasteiger partial charge in [0, 0.05) is 12.1 Å². The topological polar surface area (TPSA) is 80.8 Å². The molecule has 0 unspecified atom stereocenters. The van der Waals surface area contributed by atoms with Crippen LogP contribution in [0.5, 0.6) is 0 Å². The van der Waals surface area contributed by atoms with E-state index in [0.717, 1.165) is 31.4 Å². The van der Waals surface area contributed by atoms with Crippen LogP contribution in [-0.4, -0.2) is 39.1 Å². The summed E-state index contributed by atoms with van der Waals surface area (Å²) in [6.07, 6.45) is 10.2. The molecule has 1 saturated heterocycles. The molecule has 1 amide bonds. The number of aromatic nitrogens is 2. The number of carbonyl (C=O) groups excluding carboxylic acids is 1. The van der Waals surface area contributed by atoms with Crippen LogP contribution in [0.25, 0.3) is 11.4 Å². The van der Waals surface area contributed by atoms with Crippen LogP contribution in [0.3, 0.4) is 0 Å². The first-order chi connectivity index (χ1) is 16.3. The van der Waals surface area contributed by atoms with Gasteiger partial charge in [0.15, 0.2) is 0 Å². The van der Waals surface area contributed by atoms with Crippen LogP contribution in [0.2, 0.25) is 0 Å². The number of rotatable bonds is 9. The number of hydrogen-bond donors (Lipinski definition) is 0. The third kappa shape index (κ3) is 7.67. The molecule has 7 heteroatoms. The molecule has 2 heterocycles. The Morgan fingerprint density at radius 1 is 1.15 bits per heavy atom. The molecule has 1 aromatic heterocycles. The molecule has 1 aromatic carbocycles. The molecule has 0 N–H and O–H groups in total. The van der Waals surface area contributed by atoms with Crippen molar-refractivity contribution >= 4 is 11.9 Å². The van der Waals surface area contributed by atoms with Gasteiger partial charge in [0.25, 0.3) is 0 Å². The number of nitrogens with zero attached hydrogens (tertiary/aromatic N) is 4. The number of likely N-dealkylation sites (tertiary alicyclic amines) is 1. The Balaban J connectivity index is 1.59. The fourth-order valence-corrected chi connectivity index (χ4v) is 4.31. The Bertz CT molecular complexity index is 944. The number of amidine groups is 1. The van der Waals surface area contributed by atoms with Crippen molar-refractivity contribution in [3.05, 3.63) is 35.7 Å². The molecule has 3 rings (SSSR count). The van der Waals surface area contributed by atoms with Crippen LogP contribution in [0, 0.1) is 0 Å². The Labute approximate surface area is 204 Å². The molecular formula is C27H40N4O3. The van der Waals surface area contributed by atoms with Gasteiger partial charge in [0.1, 0.15) is 17.5 Å².